The Hall–Kier alpha value is -1.49. The summed E-state index contributed by atoms with van der Waals surface area (Å²) in [6, 6.07) is 5.97. The molecule has 108 valence electrons. The minimum absolute atomic E-state index is 0.726. The number of methoxy groups -OCH3 is 2. The molecule has 0 amide bonds. The van der Waals surface area contributed by atoms with Crippen LogP contribution in [0.5, 0.6) is 11.5 Å². The maximum absolute atomic E-state index is 5.39. The second-order valence-corrected chi connectivity index (χ2v) is 5.12. The molecule has 5 heteroatoms. The highest BCUT2D eigenvalue weighted by molar-refractivity contribution is 9.09. The van der Waals surface area contributed by atoms with Gasteiger partial charge in [0.15, 0.2) is 11.5 Å². The number of pyridine rings is 1. The van der Waals surface area contributed by atoms with E-state index in [9.17, 15) is 0 Å². The Morgan fingerprint density at radius 1 is 1.20 bits per heavy atom. The molecule has 0 saturated carbocycles. The molecule has 2 rings (SSSR count). The summed E-state index contributed by atoms with van der Waals surface area (Å²) in [5.41, 5.74) is 0. The maximum Gasteiger partial charge on any atom is 0.161 e. The summed E-state index contributed by atoms with van der Waals surface area (Å²) < 4.78 is 10.7. The number of rotatable bonds is 6. The lowest BCUT2D eigenvalue weighted by Crippen LogP contribution is -2.25. The summed E-state index contributed by atoms with van der Waals surface area (Å²) in [5.74, 6) is 2.44. The molecule has 0 aliphatic carbocycles. The molecular weight excluding hydrogens is 320 g/mol. The maximum atomic E-state index is 5.39. The monoisotopic (exact) mass is 338 g/mol. The lowest BCUT2D eigenvalue weighted by Gasteiger charge is -2.22. The van der Waals surface area contributed by atoms with E-state index in [4.69, 9.17) is 9.47 Å². The Morgan fingerprint density at radius 3 is 2.50 bits per heavy atom. The number of hydrogen-bond donors (Lipinski definition) is 0. The van der Waals surface area contributed by atoms with Crippen LogP contribution >= 0.6 is 15.9 Å². The van der Waals surface area contributed by atoms with Crippen LogP contribution in [0.25, 0.3) is 10.8 Å². The predicted molar refractivity (Wildman–Crippen MR) is 86.5 cm³/mol. The van der Waals surface area contributed by atoms with E-state index in [-0.39, 0.29) is 0 Å². The van der Waals surface area contributed by atoms with Crippen molar-refractivity contribution in [3.8, 4) is 11.5 Å². The molecule has 0 unspecified atom stereocenters. The quantitative estimate of drug-likeness (QED) is 0.755. The van der Waals surface area contributed by atoms with Crippen LogP contribution in [0.2, 0.25) is 0 Å². The van der Waals surface area contributed by atoms with Crippen molar-refractivity contribution in [1.29, 1.82) is 0 Å². The highest BCUT2D eigenvalue weighted by atomic mass is 79.9. The minimum Gasteiger partial charge on any atom is -0.493 e. The molecule has 0 N–H and O–H groups in total. The van der Waals surface area contributed by atoms with Crippen molar-refractivity contribution in [3.05, 3.63) is 24.4 Å². The van der Waals surface area contributed by atoms with Crippen LogP contribution < -0.4 is 14.4 Å². The van der Waals surface area contributed by atoms with E-state index in [1.165, 1.54) is 0 Å². The van der Waals surface area contributed by atoms with Gasteiger partial charge >= 0.3 is 0 Å². The van der Waals surface area contributed by atoms with Crippen LogP contribution in [-0.2, 0) is 0 Å². The zero-order valence-corrected chi connectivity index (χ0v) is 13.6. The fourth-order valence-corrected chi connectivity index (χ4v) is 2.68. The third-order valence-corrected chi connectivity index (χ3v) is 3.64. The van der Waals surface area contributed by atoms with Crippen molar-refractivity contribution in [2.24, 2.45) is 0 Å². The first kappa shape index (κ1) is 14.9. The Kier molecular flexibility index (Phi) is 5.06. The van der Waals surface area contributed by atoms with Gasteiger partial charge < -0.3 is 14.4 Å². The van der Waals surface area contributed by atoms with Gasteiger partial charge in [-0.15, -0.1) is 0 Å². The molecule has 0 aliphatic heterocycles. The standard InChI is InChI=1S/C15H19BrN2O2/c1-4-18(8-6-16)15-12-10-14(20-3)13(19-2)9-11(12)5-7-17-15/h5,7,9-10H,4,6,8H2,1-3H3. The zero-order valence-electron chi connectivity index (χ0n) is 12.0. The van der Waals surface area contributed by atoms with Gasteiger partial charge in [0.25, 0.3) is 0 Å². The highest BCUT2D eigenvalue weighted by Gasteiger charge is 2.13. The summed E-state index contributed by atoms with van der Waals surface area (Å²) in [6.45, 7) is 3.95. The van der Waals surface area contributed by atoms with Crippen molar-refractivity contribution in [2.75, 3.05) is 37.5 Å². The van der Waals surface area contributed by atoms with Crippen molar-refractivity contribution < 1.29 is 9.47 Å². The van der Waals surface area contributed by atoms with E-state index in [2.05, 4.69) is 32.7 Å². The normalized spacial score (nSPS) is 10.6. The molecule has 4 nitrogen and oxygen atoms in total. The number of anilines is 1. The molecule has 1 heterocycles. The number of benzene rings is 1. The molecule has 0 radical (unpaired) electrons. The zero-order chi connectivity index (χ0) is 14.5. The first-order valence-electron chi connectivity index (χ1n) is 6.56. The molecule has 1 aromatic heterocycles. The number of alkyl halides is 1. The molecule has 2 aromatic rings. The average Bonchev–Trinajstić information content (AvgIpc) is 2.50. The van der Waals surface area contributed by atoms with Crippen LogP contribution in [-0.4, -0.2) is 37.6 Å². The van der Waals surface area contributed by atoms with E-state index in [0.717, 1.165) is 46.5 Å². The van der Waals surface area contributed by atoms with E-state index < -0.39 is 0 Å². The fourth-order valence-electron chi connectivity index (χ4n) is 2.25. The molecule has 1 aromatic carbocycles. The van der Waals surface area contributed by atoms with Crippen LogP contribution in [0, 0.1) is 0 Å². The average molecular weight is 339 g/mol. The second kappa shape index (κ2) is 6.79. The number of fused-ring (bicyclic) bond motifs is 1. The molecule has 0 saturated heterocycles. The van der Waals surface area contributed by atoms with Gasteiger partial charge in [0.2, 0.25) is 0 Å². The van der Waals surface area contributed by atoms with Gasteiger partial charge in [-0.05, 0) is 30.5 Å². The summed E-state index contributed by atoms with van der Waals surface area (Å²) in [4.78, 5) is 6.78. The van der Waals surface area contributed by atoms with E-state index >= 15 is 0 Å². The smallest absolute Gasteiger partial charge is 0.161 e. The summed E-state index contributed by atoms with van der Waals surface area (Å²) in [5, 5.41) is 3.08. The number of hydrogen-bond acceptors (Lipinski definition) is 4. The van der Waals surface area contributed by atoms with Crippen molar-refractivity contribution in [2.45, 2.75) is 6.92 Å². The molecule has 0 spiro atoms. The molecular formula is C15H19BrN2O2. The van der Waals surface area contributed by atoms with E-state index in [0.29, 0.717) is 0 Å². The molecule has 0 atom stereocenters. The largest absolute Gasteiger partial charge is 0.493 e. The van der Waals surface area contributed by atoms with Gasteiger partial charge in [-0.3, -0.25) is 0 Å². The predicted octanol–water partition coefficient (Wildman–Crippen LogP) is 3.47. The highest BCUT2D eigenvalue weighted by Crippen LogP contribution is 2.35. The number of nitrogens with zero attached hydrogens (tertiary/aromatic N) is 2. The topological polar surface area (TPSA) is 34.6 Å². The van der Waals surface area contributed by atoms with Crippen molar-refractivity contribution in [3.63, 3.8) is 0 Å². The van der Waals surface area contributed by atoms with Gasteiger partial charge in [-0.1, -0.05) is 15.9 Å². The van der Waals surface area contributed by atoms with Crippen molar-refractivity contribution >= 4 is 32.5 Å². The fraction of sp³-hybridized carbons (Fsp3) is 0.400. The van der Waals surface area contributed by atoms with Gasteiger partial charge in [-0.25, -0.2) is 4.98 Å². The number of halogens is 1. The third-order valence-electron chi connectivity index (χ3n) is 3.28. The van der Waals surface area contributed by atoms with Crippen LogP contribution in [0.4, 0.5) is 5.82 Å². The van der Waals surface area contributed by atoms with Crippen molar-refractivity contribution in [1.82, 2.24) is 4.98 Å². The van der Waals surface area contributed by atoms with Gasteiger partial charge in [0, 0.05) is 30.0 Å². The Bertz CT molecular complexity index is 589. The Balaban J connectivity index is 2.61. The lowest BCUT2D eigenvalue weighted by molar-refractivity contribution is 0.356. The molecule has 0 bridgehead atoms. The molecule has 0 fully saturated rings. The molecule has 20 heavy (non-hydrogen) atoms. The lowest BCUT2D eigenvalue weighted by atomic mass is 10.1. The van der Waals surface area contributed by atoms with Crippen LogP contribution in [0.3, 0.4) is 0 Å². The minimum atomic E-state index is 0.726. The number of aromatic nitrogens is 1. The van der Waals surface area contributed by atoms with Gasteiger partial charge in [-0.2, -0.15) is 0 Å². The number of ether oxygens (including phenoxy) is 2. The van der Waals surface area contributed by atoms with Crippen LogP contribution in [0.1, 0.15) is 6.92 Å². The second-order valence-electron chi connectivity index (χ2n) is 4.33. The Morgan fingerprint density at radius 2 is 1.90 bits per heavy atom. The Labute approximate surface area is 127 Å². The van der Waals surface area contributed by atoms with Gasteiger partial charge in [0.1, 0.15) is 5.82 Å². The SMILES string of the molecule is CCN(CCBr)c1nccc2cc(OC)c(OC)cc12. The third kappa shape index (κ3) is 2.82. The summed E-state index contributed by atoms with van der Waals surface area (Å²) in [6.07, 6.45) is 1.83. The summed E-state index contributed by atoms with van der Waals surface area (Å²) in [7, 11) is 3.30. The molecule has 0 aliphatic rings. The summed E-state index contributed by atoms with van der Waals surface area (Å²) >= 11 is 3.49. The van der Waals surface area contributed by atoms with Crippen LogP contribution in [0.15, 0.2) is 24.4 Å². The first-order chi connectivity index (χ1) is 9.74. The van der Waals surface area contributed by atoms with E-state index in [1.54, 1.807) is 14.2 Å². The van der Waals surface area contributed by atoms with Gasteiger partial charge in [0.05, 0.1) is 14.2 Å². The van der Waals surface area contributed by atoms with E-state index in [1.807, 2.05) is 24.4 Å². The first-order valence-corrected chi connectivity index (χ1v) is 7.69.